The predicted octanol–water partition coefficient (Wildman–Crippen LogP) is 1.81. The molecule has 0 spiro atoms. The Labute approximate surface area is 92.4 Å². The minimum Gasteiger partial charge on any atom is -0.469 e. The molecule has 0 aliphatic heterocycles. The largest absolute Gasteiger partial charge is 0.469 e. The smallest absolute Gasteiger partial charge is 0.305 e. The van der Waals surface area contributed by atoms with Crippen LogP contribution in [0.2, 0.25) is 0 Å². The Balaban J connectivity index is 2.67. The van der Waals surface area contributed by atoms with Crippen molar-refractivity contribution >= 4 is 5.97 Å². The van der Waals surface area contributed by atoms with E-state index >= 15 is 0 Å². The molecule has 1 rings (SSSR count). The molecule has 0 amide bonds. The summed E-state index contributed by atoms with van der Waals surface area (Å²) in [6.07, 6.45) is 0.449. The van der Waals surface area contributed by atoms with E-state index in [-0.39, 0.29) is 22.7 Å². The zero-order valence-electron chi connectivity index (χ0n) is 10.5. The van der Waals surface area contributed by atoms with Crippen molar-refractivity contribution in [2.24, 2.45) is 28.4 Å². The minimum absolute atomic E-state index is 0.149. The summed E-state index contributed by atoms with van der Waals surface area (Å²) in [6, 6.07) is 0. The first-order valence-electron chi connectivity index (χ1n) is 5.56. The van der Waals surface area contributed by atoms with E-state index in [0.717, 1.165) is 0 Å². The Morgan fingerprint density at radius 1 is 1.33 bits per heavy atom. The number of hydrogen-bond donors (Lipinski definition) is 1. The maximum Gasteiger partial charge on any atom is 0.305 e. The summed E-state index contributed by atoms with van der Waals surface area (Å²) in [7, 11) is 1.43. The Kier molecular flexibility index (Phi) is 3.15. The van der Waals surface area contributed by atoms with Crippen molar-refractivity contribution in [3.63, 3.8) is 0 Å². The van der Waals surface area contributed by atoms with Gasteiger partial charge in [-0.2, -0.15) is 0 Å². The summed E-state index contributed by atoms with van der Waals surface area (Å²) in [4.78, 5) is 11.3. The molecule has 0 aromatic heterocycles. The van der Waals surface area contributed by atoms with E-state index in [1.54, 1.807) is 0 Å². The van der Waals surface area contributed by atoms with Gasteiger partial charge >= 0.3 is 5.97 Å². The van der Waals surface area contributed by atoms with Crippen LogP contribution in [0.5, 0.6) is 0 Å². The molecule has 0 bridgehead atoms. The zero-order chi connectivity index (χ0) is 11.9. The normalized spacial score (nSPS) is 24.7. The van der Waals surface area contributed by atoms with E-state index in [4.69, 9.17) is 10.5 Å². The molecule has 3 heteroatoms. The van der Waals surface area contributed by atoms with Crippen LogP contribution >= 0.6 is 0 Å². The van der Waals surface area contributed by atoms with Crippen LogP contribution in [0.25, 0.3) is 0 Å². The van der Waals surface area contributed by atoms with Gasteiger partial charge in [0.2, 0.25) is 0 Å². The Morgan fingerprint density at radius 2 is 1.80 bits per heavy atom. The van der Waals surface area contributed by atoms with Gasteiger partial charge in [-0.3, -0.25) is 4.79 Å². The molecular weight excluding hydrogens is 190 g/mol. The first kappa shape index (κ1) is 12.5. The molecule has 15 heavy (non-hydrogen) atoms. The van der Waals surface area contributed by atoms with Crippen molar-refractivity contribution in [1.29, 1.82) is 0 Å². The summed E-state index contributed by atoms with van der Waals surface area (Å²) in [5.41, 5.74) is 6.32. The third kappa shape index (κ3) is 1.89. The molecule has 0 aromatic rings. The number of rotatable bonds is 4. The summed E-state index contributed by atoms with van der Waals surface area (Å²) in [5, 5.41) is 0. The van der Waals surface area contributed by atoms with Gasteiger partial charge in [0, 0.05) is 6.42 Å². The van der Waals surface area contributed by atoms with Crippen LogP contribution < -0.4 is 5.73 Å². The Bertz CT molecular complexity index is 244. The number of ether oxygens (including phenoxy) is 1. The van der Waals surface area contributed by atoms with Crippen LogP contribution in [0, 0.1) is 22.7 Å². The van der Waals surface area contributed by atoms with Crippen LogP contribution in [-0.4, -0.2) is 19.6 Å². The van der Waals surface area contributed by atoms with Crippen molar-refractivity contribution in [2.75, 3.05) is 13.7 Å². The highest BCUT2D eigenvalue weighted by Crippen LogP contribution is 2.71. The van der Waals surface area contributed by atoms with Gasteiger partial charge in [-0.1, -0.05) is 27.7 Å². The summed E-state index contributed by atoms with van der Waals surface area (Å²) < 4.78 is 4.70. The highest BCUT2D eigenvalue weighted by Gasteiger charge is 2.66. The van der Waals surface area contributed by atoms with Gasteiger partial charge in [0.15, 0.2) is 0 Å². The fourth-order valence-corrected chi connectivity index (χ4v) is 3.06. The van der Waals surface area contributed by atoms with E-state index in [2.05, 4.69) is 27.7 Å². The average molecular weight is 213 g/mol. The fraction of sp³-hybridized carbons (Fsp3) is 0.917. The number of nitrogens with two attached hydrogens (primary N) is 1. The van der Waals surface area contributed by atoms with Gasteiger partial charge in [0.1, 0.15) is 0 Å². The second kappa shape index (κ2) is 3.78. The molecule has 1 fully saturated rings. The number of carbonyl (C=O) groups is 1. The average Bonchev–Trinajstić information content (AvgIpc) is 2.54. The van der Waals surface area contributed by atoms with Crippen LogP contribution in [0.4, 0.5) is 0 Å². The summed E-state index contributed by atoms with van der Waals surface area (Å²) in [5.74, 6) is 0.625. The van der Waals surface area contributed by atoms with Crippen LogP contribution in [0.15, 0.2) is 0 Å². The number of methoxy groups -OCH3 is 1. The molecule has 0 aromatic carbocycles. The third-order valence-corrected chi connectivity index (χ3v) is 4.56. The maximum absolute atomic E-state index is 11.3. The number of hydrogen-bond acceptors (Lipinski definition) is 3. The molecule has 0 heterocycles. The van der Waals surface area contributed by atoms with Crippen molar-refractivity contribution in [3.05, 3.63) is 0 Å². The lowest BCUT2D eigenvalue weighted by Crippen LogP contribution is -2.23. The lowest BCUT2D eigenvalue weighted by Gasteiger charge is -2.15. The third-order valence-electron chi connectivity index (χ3n) is 4.56. The standard InChI is InChI=1S/C12H23NO2/c1-11(2)10(12(11,3)4)8(7-13)6-9(14)15-5/h8,10H,6-7,13H2,1-5H3. The van der Waals surface area contributed by atoms with E-state index < -0.39 is 0 Å². The van der Waals surface area contributed by atoms with Gasteiger partial charge in [-0.25, -0.2) is 0 Å². The van der Waals surface area contributed by atoms with Gasteiger partial charge in [-0.15, -0.1) is 0 Å². The summed E-state index contributed by atoms with van der Waals surface area (Å²) in [6.45, 7) is 9.55. The minimum atomic E-state index is -0.149. The maximum atomic E-state index is 11.3. The molecule has 0 radical (unpaired) electrons. The SMILES string of the molecule is COC(=O)CC(CN)C1C(C)(C)C1(C)C. The van der Waals surface area contributed by atoms with Gasteiger partial charge in [0.25, 0.3) is 0 Å². The van der Waals surface area contributed by atoms with Crippen LogP contribution in [0.1, 0.15) is 34.1 Å². The zero-order valence-corrected chi connectivity index (χ0v) is 10.5. The predicted molar refractivity (Wildman–Crippen MR) is 60.2 cm³/mol. The molecule has 3 nitrogen and oxygen atoms in total. The van der Waals surface area contributed by atoms with Crippen molar-refractivity contribution in [3.8, 4) is 0 Å². The quantitative estimate of drug-likeness (QED) is 0.725. The first-order valence-corrected chi connectivity index (χ1v) is 5.56. The highest BCUT2D eigenvalue weighted by molar-refractivity contribution is 5.69. The Hall–Kier alpha value is -0.570. The van der Waals surface area contributed by atoms with E-state index in [0.29, 0.717) is 18.9 Å². The molecule has 1 aliphatic rings. The Morgan fingerprint density at radius 3 is 2.07 bits per heavy atom. The van der Waals surface area contributed by atoms with E-state index in [1.807, 2.05) is 0 Å². The first-order chi connectivity index (χ1) is 6.79. The molecule has 1 saturated carbocycles. The summed E-state index contributed by atoms with van der Waals surface area (Å²) >= 11 is 0. The topological polar surface area (TPSA) is 52.3 Å². The molecule has 2 N–H and O–H groups in total. The fourth-order valence-electron chi connectivity index (χ4n) is 3.06. The van der Waals surface area contributed by atoms with Crippen molar-refractivity contribution < 1.29 is 9.53 Å². The van der Waals surface area contributed by atoms with Gasteiger partial charge in [-0.05, 0) is 29.2 Å². The van der Waals surface area contributed by atoms with Gasteiger partial charge < -0.3 is 10.5 Å². The lowest BCUT2D eigenvalue weighted by atomic mass is 9.93. The highest BCUT2D eigenvalue weighted by atomic mass is 16.5. The van der Waals surface area contributed by atoms with Crippen LogP contribution in [-0.2, 0) is 9.53 Å². The molecule has 88 valence electrons. The van der Waals surface area contributed by atoms with Crippen LogP contribution in [0.3, 0.4) is 0 Å². The molecule has 1 unspecified atom stereocenters. The van der Waals surface area contributed by atoms with Gasteiger partial charge in [0.05, 0.1) is 7.11 Å². The van der Waals surface area contributed by atoms with E-state index in [9.17, 15) is 4.79 Å². The van der Waals surface area contributed by atoms with Crippen molar-refractivity contribution in [2.45, 2.75) is 34.1 Å². The number of esters is 1. The monoisotopic (exact) mass is 213 g/mol. The molecule has 1 aliphatic carbocycles. The number of carbonyl (C=O) groups excluding carboxylic acids is 1. The lowest BCUT2D eigenvalue weighted by molar-refractivity contribution is -0.141. The molecular formula is C12H23NO2. The second-order valence-electron chi connectivity index (χ2n) is 5.70. The molecule has 0 saturated heterocycles. The van der Waals surface area contributed by atoms with E-state index in [1.165, 1.54) is 7.11 Å². The van der Waals surface area contributed by atoms with Crippen molar-refractivity contribution in [1.82, 2.24) is 0 Å². The second-order valence-corrected chi connectivity index (χ2v) is 5.70. The molecule has 1 atom stereocenters.